The second kappa shape index (κ2) is 6.33. The van der Waals surface area contributed by atoms with Gasteiger partial charge in [0.05, 0.1) is 5.92 Å². The number of benzene rings is 1. The summed E-state index contributed by atoms with van der Waals surface area (Å²) in [6.45, 7) is 6.91. The van der Waals surface area contributed by atoms with Gasteiger partial charge in [-0.15, -0.1) is 0 Å². The lowest BCUT2D eigenvalue weighted by atomic mass is 10.0. The molecule has 2 unspecified atom stereocenters. The molecule has 1 rings (SSSR count). The summed E-state index contributed by atoms with van der Waals surface area (Å²) in [5, 5.41) is 5.52. The molecule has 19 heavy (non-hydrogen) atoms. The number of nitrogens with one attached hydrogen (secondary N) is 2. The van der Waals surface area contributed by atoms with Crippen molar-refractivity contribution in [3.63, 3.8) is 0 Å². The average Bonchev–Trinajstić information content (AvgIpc) is 2.31. The number of carbonyl (C=O) groups excluding carboxylic acids is 2. The van der Waals surface area contributed by atoms with Crippen molar-refractivity contribution in [1.82, 2.24) is 0 Å². The van der Waals surface area contributed by atoms with Crippen molar-refractivity contribution >= 4 is 23.2 Å². The Balaban J connectivity index is 2.88. The van der Waals surface area contributed by atoms with E-state index in [9.17, 15) is 9.59 Å². The number of nitrogens with two attached hydrogens (primary N) is 1. The van der Waals surface area contributed by atoms with Crippen LogP contribution in [-0.2, 0) is 9.59 Å². The van der Waals surface area contributed by atoms with Crippen LogP contribution < -0.4 is 16.4 Å². The summed E-state index contributed by atoms with van der Waals surface area (Å²) in [7, 11) is 0. The fourth-order valence-electron chi connectivity index (χ4n) is 1.52. The van der Waals surface area contributed by atoms with Crippen LogP contribution >= 0.6 is 0 Å². The summed E-state index contributed by atoms with van der Waals surface area (Å²) < 4.78 is 0. The van der Waals surface area contributed by atoms with Crippen molar-refractivity contribution in [3.8, 4) is 0 Å². The summed E-state index contributed by atoms with van der Waals surface area (Å²) in [6, 6.07) is 5.17. The lowest BCUT2D eigenvalue weighted by Gasteiger charge is -2.17. The van der Waals surface area contributed by atoms with Gasteiger partial charge in [-0.3, -0.25) is 9.59 Å². The van der Waals surface area contributed by atoms with Gasteiger partial charge < -0.3 is 16.4 Å². The number of carbonyl (C=O) groups is 2. The summed E-state index contributed by atoms with van der Waals surface area (Å²) in [5.41, 5.74) is 7.97. The molecule has 0 heterocycles. The highest BCUT2D eigenvalue weighted by molar-refractivity contribution is 5.95. The molecule has 0 aliphatic heterocycles. The average molecular weight is 263 g/mol. The Bertz CT molecular complexity index is 484. The highest BCUT2D eigenvalue weighted by Crippen LogP contribution is 2.21. The standard InChI is InChI=1S/C14H21N3O2/c1-8-5-6-12(16-11(4)18)7-13(8)17-14(19)9(2)10(3)15/h5-7,9-10H,15H2,1-4H3,(H,16,18)(H,17,19). The number of hydrogen-bond acceptors (Lipinski definition) is 3. The molecule has 0 radical (unpaired) electrons. The first-order valence-corrected chi connectivity index (χ1v) is 6.26. The van der Waals surface area contributed by atoms with Gasteiger partial charge in [0, 0.05) is 24.3 Å². The minimum absolute atomic E-state index is 0.127. The van der Waals surface area contributed by atoms with Crippen molar-refractivity contribution in [2.45, 2.75) is 33.7 Å². The Morgan fingerprint density at radius 2 is 1.84 bits per heavy atom. The van der Waals surface area contributed by atoms with Crippen LogP contribution in [0.4, 0.5) is 11.4 Å². The molecular weight excluding hydrogens is 242 g/mol. The van der Waals surface area contributed by atoms with Crippen LogP contribution in [-0.4, -0.2) is 17.9 Å². The van der Waals surface area contributed by atoms with Crippen molar-refractivity contribution in [2.75, 3.05) is 10.6 Å². The number of rotatable bonds is 4. The second-order valence-corrected chi connectivity index (χ2v) is 4.85. The molecule has 4 N–H and O–H groups in total. The number of aryl methyl sites for hydroxylation is 1. The van der Waals surface area contributed by atoms with E-state index in [-0.39, 0.29) is 23.8 Å². The van der Waals surface area contributed by atoms with Crippen LogP contribution in [0.25, 0.3) is 0 Å². The Labute approximate surface area is 113 Å². The third-order valence-electron chi connectivity index (χ3n) is 3.02. The lowest BCUT2D eigenvalue weighted by molar-refractivity contribution is -0.119. The van der Waals surface area contributed by atoms with Gasteiger partial charge in [-0.05, 0) is 31.5 Å². The summed E-state index contributed by atoms with van der Waals surface area (Å²) in [4.78, 5) is 23.0. The second-order valence-electron chi connectivity index (χ2n) is 4.85. The monoisotopic (exact) mass is 263 g/mol. The molecule has 5 nitrogen and oxygen atoms in total. The highest BCUT2D eigenvalue weighted by atomic mass is 16.2. The van der Waals surface area contributed by atoms with E-state index in [1.807, 2.05) is 13.0 Å². The van der Waals surface area contributed by atoms with Gasteiger partial charge in [-0.25, -0.2) is 0 Å². The molecule has 0 aliphatic carbocycles. The zero-order valence-corrected chi connectivity index (χ0v) is 11.8. The van der Waals surface area contributed by atoms with E-state index in [4.69, 9.17) is 5.73 Å². The van der Waals surface area contributed by atoms with Crippen LogP contribution in [0.3, 0.4) is 0 Å². The summed E-state index contributed by atoms with van der Waals surface area (Å²) in [5.74, 6) is -0.549. The maximum absolute atomic E-state index is 12.0. The van der Waals surface area contributed by atoms with Crippen LogP contribution in [0.2, 0.25) is 0 Å². The van der Waals surface area contributed by atoms with Crippen LogP contribution in [0, 0.1) is 12.8 Å². The first-order valence-electron chi connectivity index (χ1n) is 6.26. The molecule has 1 aromatic carbocycles. The Kier molecular flexibility index (Phi) is 5.06. The molecule has 0 saturated carbocycles. The summed E-state index contributed by atoms with van der Waals surface area (Å²) >= 11 is 0. The highest BCUT2D eigenvalue weighted by Gasteiger charge is 2.17. The quantitative estimate of drug-likeness (QED) is 0.775. The third-order valence-corrected chi connectivity index (χ3v) is 3.02. The maximum atomic E-state index is 12.0. The molecule has 0 aliphatic rings. The van der Waals surface area contributed by atoms with Crippen molar-refractivity contribution < 1.29 is 9.59 Å². The normalized spacial score (nSPS) is 13.5. The molecule has 104 valence electrons. The smallest absolute Gasteiger partial charge is 0.228 e. The molecule has 2 atom stereocenters. The zero-order chi connectivity index (χ0) is 14.6. The van der Waals surface area contributed by atoms with Crippen LogP contribution in [0.1, 0.15) is 26.3 Å². The molecule has 1 aromatic rings. The van der Waals surface area contributed by atoms with E-state index in [2.05, 4.69) is 10.6 Å². The van der Waals surface area contributed by atoms with Crippen molar-refractivity contribution in [3.05, 3.63) is 23.8 Å². The zero-order valence-electron chi connectivity index (χ0n) is 11.8. The lowest BCUT2D eigenvalue weighted by Crippen LogP contribution is -2.34. The van der Waals surface area contributed by atoms with Crippen molar-refractivity contribution in [1.29, 1.82) is 0 Å². The minimum Gasteiger partial charge on any atom is -0.327 e. The van der Waals surface area contributed by atoms with E-state index in [0.717, 1.165) is 5.56 Å². The van der Waals surface area contributed by atoms with E-state index < -0.39 is 0 Å². The van der Waals surface area contributed by atoms with Crippen LogP contribution in [0.15, 0.2) is 18.2 Å². The third kappa shape index (κ3) is 4.37. The van der Waals surface area contributed by atoms with Gasteiger partial charge in [0.2, 0.25) is 11.8 Å². The SMILES string of the molecule is CC(=O)Nc1ccc(C)c(NC(=O)C(C)C(C)N)c1. The predicted molar refractivity (Wildman–Crippen MR) is 76.9 cm³/mol. The Morgan fingerprint density at radius 1 is 1.21 bits per heavy atom. The summed E-state index contributed by atoms with van der Waals surface area (Å²) in [6.07, 6.45) is 0. The Hall–Kier alpha value is -1.88. The first-order chi connectivity index (χ1) is 8.81. The number of hydrogen-bond donors (Lipinski definition) is 3. The molecule has 2 amide bonds. The van der Waals surface area contributed by atoms with Gasteiger partial charge in [0.1, 0.15) is 0 Å². The van der Waals surface area contributed by atoms with E-state index in [0.29, 0.717) is 11.4 Å². The van der Waals surface area contributed by atoms with E-state index >= 15 is 0 Å². The Morgan fingerprint density at radius 3 is 2.37 bits per heavy atom. The molecule has 0 bridgehead atoms. The van der Waals surface area contributed by atoms with Gasteiger partial charge >= 0.3 is 0 Å². The van der Waals surface area contributed by atoms with Gasteiger partial charge in [0.15, 0.2) is 0 Å². The van der Waals surface area contributed by atoms with E-state index in [1.54, 1.807) is 26.0 Å². The van der Waals surface area contributed by atoms with E-state index in [1.165, 1.54) is 6.92 Å². The fraction of sp³-hybridized carbons (Fsp3) is 0.429. The molecular formula is C14H21N3O2. The molecule has 0 spiro atoms. The molecule has 5 heteroatoms. The predicted octanol–water partition coefficient (Wildman–Crippen LogP) is 1.88. The molecule has 0 saturated heterocycles. The maximum Gasteiger partial charge on any atom is 0.228 e. The minimum atomic E-state index is -0.274. The van der Waals surface area contributed by atoms with Gasteiger partial charge in [-0.1, -0.05) is 13.0 Å². The topological polar surface area (TPSA) is 84.2 Å². The van der Waals surface area contributed by atoms with Crippen molar-refractivity contribution in [2.24, 2.45) is 11.7 Å². The molecule has 0 aromatic heterocycles. The fourth-order valence-corrected chi connectivity index (χ4v) is 1.52. The first kappa shape index (κ1) is 15.2. The number of amides is 2. The number of anilines is 2. The van der Waals surface area contributed by atoms with Gasteiger partial charge in [0.25, 0.3) is 0 Å². The van der Waals surface area contributed by atoms with Crippen LogP contribution in [0.5, 0.6) is 0 Å². The molecule has 0 fully saturated rings. The largest absolute Gasteiger partial charge is 0.327 e. The van der Waals surface area contributed by atoms with Gasteiger partial charge in [-0.2, -0.15) is 0 Å².